The highest BCUT2D eigenvalue weighted by molar-refractivity contribution is 7.09. The summed E-state index contributed by atoms with van der Waals surface area (Å²) in [5, 5.41) is 4.56. The molecule has 0 aliphatic rings. The van der Waals surface area contributed by atoms with Crippen molar-refractivity contribution in [1.82, 2.24) is 9.59 Å². The van der Waals surface area contributed by atoms with Crippen LogP contribution in [0.1, 0.15) is 51.1 Å². The molecule has 0 spiro atoms. The maximum atomic E-state index is 5.65. The van der Waals surface area contributed by atoms with Gasteiger partial charge < -0.3 is 10.5 Å². The van der Waals surface area contributed by atoms with Crippen molar-refractivity contribution in [2.75, 3.05) is 12.3 Å². The van der Waals surface area contributed by atoms with E-state index in [2.05, 4.69) is 16.5 Å². The predicted octanol–water partition coefficient (Wildman–Crippen LogP) is 3.00. The molecule has 0 aliphatic carbocycles. The van der Waals surface area contributed by atoms with Crippen LogP contribution < -0.4 is 5.73 Å². The number of hydrogen-bond donors (Lipinski definition) is 1. The van der Waals surface area contributed by atoms with Gasteiger partial charge in [-0.2, -0.15) is 0 Å². The lowest BCUT2D eigenvalue weighted by molar-refractivity contribution is 0.114. The number of nitrogens with zero attached hydrogens (tertiary/aromatic N) is 2. The van der Waals surface area contributed by atoms with Crippen LogP contribution >= 0.6 is 11.5 Å². The second-order valence-electron chi connectivity index (χ2n) is 3.90. The highest BCUT2D eigenvalue weighted by Crippen LogP contribution is 2.13. The number of rotatable bonds is 9. The molecule has 5 heteroatoms. The van der Waals surface area contributed by atoms with E-state index in [9.17, 15) is 0 Å². The number of nitrogens with two attached hydrogens (primary N) is 1. The number of ether oxygens (including phenoxy) is 1. The van der Waals surface area contributed by atoms with Gasteiger partial charge in [0.05, 0.1) is 6.61 Å². The minimum Gasteiger partial charge on any atom is -0.388 e. The van der Waals surface area contributed by atoms with Gasteiger partial charge in [-0.1, -0.05) is 43.5 Å². The Morgan fingerprint density at radius 3 is 2.62 bits per heavy atom. The Balaban J connectivity index is 1.91. The van der Waals surface area contributed by atoms with E-state index in [0.717, 1.165) is 18.7 Å². The topological polar surface area (TPSA) is 61.0 Å². The van der Waals surface area contributed by atoms with Gasteiger partial charge in [-0.05, 0) is 6.42 Å². The van der Waals surface area contributed by atoms with E-state index >= 15 is 0 Å². The standard InChI is InChI=1S/C11H21N3OS/c1-2-3-4-5-6-7-8-15-9-10-11(12)16-14-13-10/h2-9,12H2,1H3. The van der Waals surface area contributed by atoms with Gasteiger partial charge in [0, 0.05) is 18.1 Å². The van der Waals surface area contributed by atoms with E-state index in [4.69, 9.17) is 10.5 Å². The van der Waals surface area contributed by atoms with E-state index in [1.54, 1.807) is 0 Å². The van der Waals surface area contributed by atoms with Crippen LogP contribution in [0.2, 0.25) is 0 Å². The fourth-order valence-electron chi connectivity index (χ4n) is 1.47. The van der Waals surface area contributed by atoms with E-state index in [-0.39, 0.29) is 0 Å². The molecule has 2 N–H and O–H groups in total. The van der Waals surface area contributed by atoms with Gasteiger partial charge in [-0.25, -0.2) is 0 Å². The van der Waals surface area contributed by atoms with Crippen LogP contribution in [0.25, 0.3) is 0 Å². The molecular formula is C11H21N3OS. The highest BCUT2D eigenvalue weighted by atomic mass is 32.1. The largest absolute Gasteiger partial charge is 0.388 e. The molecule has 1 aromatic heterocycles. The number of aromatic nitrogens is 2. The van der Waals surface area contributed by atoms with Gasteiger partial charge in [0.2, 0.25) is 0 Å². The third-order valence-electron chi connectivity index (χ3n) is 2.47. The third-order valence-corrected chi connectivity index (χ3v) is 3.06. The maximum absolute atomic E-state index is 5.65. The Morgan fingerprint density at radius 2 is 1.94 bits per heavy atom. The lowest BCUT2D eigenvalue weighted by atomic mass is 10.1. The smallest absolute Gasteiger partial charge is 0.133 e. The van der Waals surface area contributed by atoms with E-state index in [0.29, 0.717) is 11.6 Å². The fourth-order valence-corrected chi connectivity index (χ4v) is 1.90. The first-order valence-corrected chi connectivity index (χ1v) is 6.76. The van der Waals surface area contributed by atoms with Gasteiger partial charge >= 0.3 is 0 Å². The summed E-state index contributed by atoms with van der Waals surface area (Å²) < 4.78 is 9.25. The van der Waals surface area contributed by atoms with Crippen molar-refractivity contribution in [2.24, 2.45) is 0 Å². The quantitative estimate of drug-likeness (QED) is 0.677. The minimum atomic E-state index is 0.497. The van der Waals surface area contributed by atoms with Gasteiger partial charge in [0.1, 0.15) is 10.7 Å². The molecule has 0 fully saturated rings. The first kappa shape index (κ1) is 13.4. The molecule has 16 heavy (non-hydrogen) atoms. The molecule has 0 unspecified atom stereocenters. The molecule has 0 aromatic carbocycles. The van der Waals surface area contributed by atoms with Gasteiger partial charge in [-0.3, -0.25) is 0 Å². The summed E-state index contributed by atoms with van der Waals surface area (Å²) in [6.45, 7) is 3.52. The van der Waals surface area contributed by atoms with Crippen molar-refractivity contribution in [2.45, 2.75) is 52.1 Å². The molecule has 1 heterocycles. The molecule has 0 aliphatic heterocycles. The summed E-state index contributed by atoms with van der Waals surface area (Å²) in [7, 11) is 0. The van der Waals surface area contributed by atoms with Crippen molar-refractivity contribution >= 4 is 16.5 Å². The van der Waals surface area contributed by atoms with Crippen LogP contribution in [-0.2, 0) is 11.3 Å². The van der Waals surface area contributed by atoms with Crippen molar-refractivity contribution in [3.05, 3.63) is 5.69 Å². The average molecular weight is 243 g/mol. The summed E-state index contributed by atoms with van der Waals surface area (Å²) in [4.78, 5) is 0. The normalized spacial score (nSPS) is 10.8. The van der Waals surface area contributed by atoms with Crippen LogP contribution in [0.4, 0.5) is 5.00 Å². The molecule has 0 atom stereocenters. The van der Waals surface area contributed by atoms with Crippen LogP contribution in [-0.4, -0.2) is 16.2 Å². The van der Waals surface area contributed by atoms with Gasteiger partial charge in [-0.15, -0.1) is 5.10 Å². The first-order valence-electron chi connectivity index (χ1n) is 5.99. The van der Waals surface area contributed by atoms with Crippen LogP contribution in [0.5, 0.6) is 0 Å². The SMILES string of the molecule is CCCCCCCCOCc1nnsc1N. The molecular weight excluding hydrogens is 222 g/mol. The molecule has 0 saturated carbocycles. The number of unbranched alkanes of at least 4 members (excludes halogenated alkanes) is 5. The molecule has 4 nitrogen and oxygen atoms in total. The van der Waals surface area contributed by atoms with Crippen LogP contribution in [0, 0.1) is 0 Å². The zero-order chi connectivity index (χ0) is 11.6. The average Bonchev–Trinajstić information content (AvgIpc) is 2.68. The van der Waals surface area contributed by atoms with Gasteiger partial charge in [0.15, 0.2) is 0 Å². The first-order chi connectivity index (χ1) is 7.84. The van der Waals surface area contributed by atoms with Crippen molar-refractivity contribution in [1.29, 1.82) is 0 Å². The maximum Gasteiger partial charge on any atom is 0.133 e. The Kier molecular flexibility index (Phi) is 7.09. The minimum absolute atomic E-state index is 0.497. The summed E-state index contributed by atoms with van der Waals surface area (Å²) in [5.74, 6) is 0. The fraction of sp³-hybridized carbons (Fsp3) is 0.818. The molecule has 0 bridgehead atoms. The summed E-state index contributed by atoms with van der Waals surface area (Å²) in [6, 6.07) is 0. The zero-order valence-corrected chi connectivity index (χ0v) is 10.8. The van der Waals surface area contributed by atoms with Gasteiger partial charge in [0.25, 0.3) is 0 Å². The van der Waals surface area contributed by atoms with E-state index < -0.39 is 0 Å². The zero-order valence-electron chi connectivity index (χ0n) is 9.95. The third kappa shape index (κ3) is 5.42. The predicted molar refractivity (Wildman–Crippen MR) is 67.4 cm³/mol. The van der Waals surface area contributed by atoms with Crippen LogP contribution in [0.3, 0.4) is 0 Å². The molecule has 1 aromatic rings. The molecule has 1 rings (SSSR count). The Morgan fingerprint density at radius 1 is 1.19 bits per heavy atom. The summed E-state index contributed by atoms with van der Waals surface area (Å²) in [5.41, 5.74) is 6.42. The summed E-state index contributed by atoms with van der Waals surface area (Å²) in [6.07, 6.45) is 7.69. The second-order valence-corrected chi connectivity index (χ2v) is 4.69. The molecule has 92 valence electrons. The monoisotopic (exact) mass is 243 g/mol. The van der Waals surface area contributed by atoms with E-state index in [1.165, 1.54) is 43.6 Å². The lowest BCUT2D eigenvalue weighted by Crippen LogP contribution is -1.98. The van der Waals surface area contributed by atoms with Crippen molar-refractivity contribution in [3.8, 4) is 0 Å². The van der Waals surface area contributed by atoms with Crippen LogP contribution in [0.15, 0.2) is 0 Å². The molecule has 0 saturated heterocycles. The molecule has 0 radical (unpaired) electrons. The van der Waals surface area contributed by atoms with Crippen molar-refractivity contribution < 1.29 is 4.74 Å². The summed E-state index contributed by atoms with van der Waals surface area (Å²) >= 11 is 1.22. The van der Waals surface area contributed by atoms with Crippen molar-refractivity contribution in [3.63, 3.8) is 0 Å². The van der Waals surface area contributed by atoms with E-state index in [1.807, 2.05) is 0 Å². The number of hydrogen-bond acceptors (Lipinski definition) is 5. The molecule has 0 amide bonds. The Hall–Kier alpha value is -0.680. The Labute approximate surface area is 101 Å². The second kappa shape index (κ2) is 8.47. The number of nitrogen functional groups attached to an aromatic ring is 1. The Bertz CT molecular complexity index is 278. The number of anilines is 1. The lowest BCUT2D eigenvalue weighted by Gasteiger charge is -2.02. The highest BCUT2D eigenvalue weighted by Gasteiger charge is 2.03.